The number of unbranched alkanes of at least 4 members (excludes halogenated alkanes) is 12. The maximum Gasteiger partial charge on any atom is 0.0704 e. The van der Waals surface area contributed by atoms with Crippen molar-refractivity contribution < 1.29 is 56.8 Å². The van der Waals surface area contributed by atoms with E-state index in [4.69, 9.17) is 56.8 Å². The van der Waals surface area contributed by atoms with E-state index in [-0.39, 0.29) is 0 Å². The van der Waals surface area contributed by atoms with Crippen molar-refractivity contribution in [3.8, 4) is 0 Å². The summed E-state index contributed by atoms with van der Waals surface area (Å²) < 4.78 is 66.8. The lowest BCUT2D eigenvalue weighted by Gasteiger charge is -2.22. The van der Waals surface area contributed by atoms with Crippen LogP contribution < -0.4 is 5.32 Å². The Kier molecular flexibility index (Phi) is 45.7. The molecule has 0 aromatic carbocycles. The lowest BCUT2D eigenvalue weighted by Crippen LogP contribution is -2.33. The van der Waals surface area contributed by atoms with Crippen molar-refractivity contribution in [2.24, 2.45) is 0 Å². The van der Waals surface area contributed by atoms with Crippen LogP contribution in [0.3, 0.4) is 0 Å². The van der Waals surface area contributed by atoms with Crippen LogP contribution >= 0.6 is 0 Å². The molecule has 330 valence electrons. The fourth-order valence-corrected chi connectivity index (χ4v) is 5.76. The lowest BCUT2D eigenvalue weighted by molar-refractivity contribution is -0.0326. The number of hydrogen-bond acceptors (Lipinski definition) is 13. The van der Waals surface area contributed by atoms with Gasteiger partial charge in [0.2, 0.25) is 0 Å². The molecule has 1 aliphatic rings. The van der Waals surface area contributed by atoms with E-state index in [1.54, 1.807) is 0 Å². The zero-order chi connectivity index (χ0) is 39.1. The molecule has 1 fully saturated rings. The molecule has 0 spiro atoms. The Balaban J connectivity index is 1.59. The van der Waals surface area contributed by atoms with E-state index >= 15 is 0 Å². The maximum absolute atomic E-state index is 5.80. The molecule has 0 atom stereocenters. The Labute approximate surface area is 336 Å². The minimum absolute atomic E-state index is 0.373. The first-order valence-corrected chi connectivity index (χ1v) is 22.1. The average molecular weight is 796 g/mol. The van der Waals surface area contributed by atoms with Gasteiger partial charge in [0.25, 0.3) is 0 Å². The zero-order valence-electron chi connectivity index (χ0n) is 35.3. The zero-order valence-corrected chi connectivity index (χ0v) is 35.3. The van der Waals surface area contributed by atoms with Gasteiger partial charge in [0, 0.05) is 6.61 Å². The van der Waals surface area contributed by atoms with Crippen molar-refractivity contribution >= 4 is 0 Å². The molecule has 0 bridgehead atoms. The average Bonchev–Trinajstić information content (AvgIpc) is 3.21. The van der Waals surface area contributed by atoms with Crippen LogP contribution in [0.25, 0.3) is 0 Å². The first kappa shape index (κ1) is 52.5. The second-order valence-corrected chi connectivity index (χ2v) is 13.8. The Hall–Kier alpha value is -0.520. The maximum atomic E-state index is 5.80. The summed E-state index contributed by atoms with van der Waals surface area (Å²) in [5, 5.41) is 3.33. The molecule has 0 unspecified atom stereocenters. The van der Waals surface area contributed by atoms with Crippen LogP contribution in [0.4, 0.5) is 0 Å². The summed E-state index contributed by atoms with van der Waals surface area (Å²) in [6, 6.07) is 0. The van der Waals surface area contributed by atoms with Gasteiger partial charge in [0.1, 0.15) is 0 Å². The molecule has 0 amide bonds. The molecule has 0 radical (unpaired) electrons. The minimum atomic E-state index is 0.373. The Morgan fingerprint density at radius 1 is 0.291 bits per heavy atom. The second-order valence-electron chi connectivity index (χ2n) is 13.8. The summed E-state index contributed by atoms with van der Waals surface area (Å²) in [6.07, 6.45) is 20.3. The smallest absolute Gasteiger partial charge is 0.0704 e. The highest BCUT2D eigenvalue weighted by atomic mass is 16.6. The Morgan fingerprint density at radius 2 is 0.527 bits per heavy atom. The molecular weight excluding hydrogens is 710 g/mol. The van der Waals surface area contributed by atoms with Crippen LogP contribution in [0.1, 0.15) is 103 Å². The van der Waals surface area contributed by atoms with Crippen molar-refractivity contribution in [1.29, 1.82) is 0 Å². The molecule has 0 aliphatic carbocycles. The van der Waals surface area contributed by atoms with Gasteiger partial charge in [0.15, 0.2) is 0 Å². The third-order valence-electron chi connectivity index (χ3n) is 8.98. The summed E-state index contributed by atoms with van der Waals surface area (Å²) in [7, 11) is 0. The number of piperidine rings is 1. The molecular formula is C42H85NO12. The Morgan fingerprint density at radius 3 is 0.818 bits per heavy atom. The van der Waals surface area contributed by atoms with Gasteiger partial charge < -0.3 is 62.2 Å². The van der Waals surface area contributed by atoms with Crippen molar-refractivity contribution in [3.05, 3.63) is 0 Å². The fraction of sp³-hybridized carbons (Fsp3) is 1.00. The van der Waals surface area contributed by atoms with Crippen LogP contribution in [0.5, 0.6) is 0 Å². The van der Waals surface area contributed by atoms with E-state index in [1.807, 2.05) is 0 Å². The third kappa shape index (κ3) is 44.4. The number of rotatable bonds is 48. The standard InChI is InChI=1S/C42H85NO12/c1-2-3-4-5-6-7-8-9-10-11-12-13-14-19-44-20-21-45-22-23-46-24-25-47-26-27-48-28-29-49-30-31-50-32-33-51-34-35-52-36-37-53-38-39-54-40-41-55-42-15-17-43-18-16-42/h42-43H,2-41H2,1H3. The van der Waals surface area contributed by atoms with Crippen LogP contribution in [-0.4, -0.2) is 171 Å². The Bertz CT molecular complexity index is 693. The van der Waals surface area contributed by atoms with E-state index in [9.17, 15) is 0 Å². The molecule has 1 N–H and O–H groups in total. The van der Waals surface area contributed by atoms with Gasteiger partial charge in [0.05, 0.1) is 151 Å². The summed E-state index contributed by atoms with van der Waals surface area (Å²) in [5.41, 5.74) is 0. The molecule has 0 aromatic heterocycles. The normalized spacial score (nSPS) is 13.7. The van der Waals surface area contributed by atoms with Gasteiger partial charge in [-0.25, -0.2) is 0 Å². The van der Waals surface area contributed by atoms with Crippen molar-refractivity contribution in [2.45, 2.75) is 109 Å². The van der Waals surface area contributed by atoms with E-state index in [0.717, 1.165) is 39.0 Å². The number of nitrogens with one attached hydrogen (secondary N) is 1. The van der Waals surface area contributed by atoms with Crippen molar-refractivity contribution in [3.63, 3.8) is 0 Å². The van der Waals surface area contributed by atoms with Crippen molar-refractivity contribution in [1.82, 2.24) is 5.32 Å². The predicted octanol–water partition coefficient (Wildman–Crippen LogP) is 6.03. The van der Waals surface area contributed by atoms with E-state index in [1.165, 1.54) is 77.0 Å². The van der Waals surface area contributed by atoms with Crippen LogP contribution in [0.15, 0.2) is 0 Å². The van der Waals surface area contributed by atoms with Gasteiger partial charge in [-0.05, 0) is 32.4 Å². The van der Waals surface area contributed by atoms with Crippen molar-refractivity contribution in [2.75, 3.05) is 165 Å². The van der Waals surface area contributed by atoms with Crippen LogP contribution in [0, 0.1) is 0 Å². The molecule has 1 heterocycles. The first-order chi connectivity index (χ1) is 27.4. The highest BCUT2D eigenvalue weighted by Crippen LogP contribution is 2.12. The van der Waals surface area contributed by atoms with Gasteiger partial charge in [-0.2, -0.15) is 0 Å². The molecule has 1 saturated heterocycles. The van der Waals surface area contributed by atoms with Gasteiger partial charge in [-0.15, -0.1) is 0 Å². The van der Waals surface area contributed by atoms with Gasteiger partial charge >= 0.3 is 0 Å². The van der Waals surface area contributed by atoms with E-state index in [2.05, 4.69) is 12.2 Å². The highest BCUT2D eigenvalue weighted by Gasteiger charge is 2.12. The topological polar surface area (TPSA) is 123 Å². The second kappa shape index (κ2) is 47.9. The van der Waals surface area contributed by atoms with E-state index in [0.29, 0.717) is 151 Å². The fourth-order valence-electron chi connectivity index (χ4n) is 5.76. The van der Waals surface area contributed by atoms with Gasteiger partial charge in [-0.1, -0.05) is 84.0 Å². The quantitative estimate of drug-likeness (QED) is 0.0723. The number of hydrogen-bond donors (Lipinski definition) is 1. The SMILES string of the molecule is CCCCCCCCCCCCCCCOCCOCCOCCOCCOCCOCCOCCOCCOCCOCCOCCOC1CCNCC1. The monoisotopic (exact) mass is 796 g/mol. The molecule has 0 aromatic rings. The van der Waals surface area contributed by atoms with Gasteiger partial charge in [-0.3, -0.25) is 0 Å². The molecule has 0 saturated carbocycles. The first-order valence-electron chi connectivity index (χ1n) is 22.1. The predicted molar refractivity (Wildman–Crippen MR) is 217 cm³/mol. The van der Waals surface area contributed by atoms with Crippen LogP contribution in [0.2, 0.25) is 0 Å². The molecule has 13 heteroatoms. The minimum Gasteiger partial charge on any atom is -0.379 e. The number of ether oxygens (including phenoxy) is 12. The van der Waals surface area contributed by atoms with E-state index < -0.39 is 0 Å². The molecule has 1 rings (SSSR count). The summed E-state index contributed by atoms with van der Waals surface area (Å²) in [4.78, 5) is 0. The highest BCUT2D eigenvalue weighted by molar-refractivity contribution is 4.67. The van der Waals surface area contributed by atoms with Crippen LogP contribution in [-0.2, 0) is 56.8 Å². The summed E-state index contributed by atoms with van der Waals surface area (Å²) in [6.45, 7) is 17.4. The summed E-state index contributed by atoms with van der Waals surface area (Å²) in [5.74, 6) is 0. The molecule has 55 heavy (non-hydrogen) atoms. The third-order valence-corrected chi connectivity index (χ3v) is 8.98. The largest absolute Gasteiger partial charge is 0.379 e. The summed E-state index contributed by atoms with van der Waals surface area (Å²) >= 11 is 0. The lowest BCUT2D eigenvalue weighted by atomic mass is 10.0. The molecule has 13 nitrogen and oxygen atoms in total. The molecule has 1 aliphatic heterocycles.